The van der Waals surface area contributed by atoms with Crippen LogP contribution in [0.15, 0.2) is 10.7 Å². The zero-order valence-corrected chi connectivity index (χ0v) is 12.4. The summed E-state index contributed by atoms with van der Waals surface area (Å²) in [5.74, 6) is -0.0377. The van der Waals surface area contributed by atoms with Crippen LogP contribution >= 0.6 is 15.9 Å². The van der Waals surface area contributed by atoms with Crippen LogP contribution < -0.4 is 0 Å². The van der Waals surface area contributed by atoms with Gasteiger partial charge in [-0.05, 0) is 36.7 Å². The molecule has 0 bridgehead atoms. The molecule has 96 valence electrons. The van der Waals surface area contributed by atoms with Crippen LogP contribution in [-0.4, -0.2) is 25.3 Å². The van der Waals surface area contributed by atoms with Crippen LogP contribution in [0.5, 0.6) is 0 Å². The lowest BCUT2D eigenvalue weighted by Crippen LogP contribution is -2.12. The molecule has 2 heterocycles. The maximum Gasteiger partial charge on any atom is 0.215 e. The molecule has 2 rings (SSSR count). The highest BCUT2D eigenvalue weighted by Gasteiger charge is 2.24. The van der Waals surface area contributed by atoms with E-state index < -0.39 is 0 Å². The molecule has 0 spiro atoms. The minimum Gasteiger partial charge on any atom is -0.287 e. The van der Waals surface area contributed by atoms with Gasteiger partial charge in [0.05, 0.1) is 21.9 Å². The van der Waals surface area contributed by atoms with Crippen molar-refractivity contribution >= 4 is 21.7 Å². The highest BCUT2D eigenvalue weighted by Crippen LogP contribution is 2.23. The number of aromatic nitrogens is 4. The van der Waals surface area contributed by atoms with Gasteiger partial charge in [0.15, 0.2) is 0 Å². The van der Waals surface area contributed by atoms with E-state index in [0.29, 0.717) is 17.8 Å². The van der Waals surface area contributed by atoms with Crippen LogP contribution in [0.4, 0.5) is 0 Å². The molecule has 0 aliphatic heterocycles. The van der Waals surface area contributed by atoms with E-state index >= 15 is 0 Å². The third kappa shape index (κ3) is 1.90. The van der Waals surface area contributed by atoms with Crippen molar-refractivity contribution in [2.45, 2.75) is 27.3 Å². The number of nitrogens with zero attached hydrogens (tertiary/aromatic N) is 4. The van der Waals surface area contributed by atoms with E-state index in [-0.39, 0.29) is 5.78 Å². The first-order valence-corrected chi connectivity index (χ1v) is 6.52. The van der Waals surface area contributed by atoms with E-state index in [1.54, 1.807) is 15.6 Å². The summed E-state index contributed by atoms with van der Waals surface area (Å²) >= 11 is 3.38. The number of hydrogen-bond donors (Lipinski definition) is 0. The Kier molecular flexibility index (Phi) is 3.38. The van der Waals surface area contributed by atoms with E-state index in [0.717, 1.165) is 15.9 Å². The lowest BCUT2D eigenvalue weighted by Gasteiger charge is -2.05. The van der Waals surface area contributed by atoms with Crippen molar-refractivity contribution in [2.75, 3.05) is 0 Å². The molecule has 0 saturated heterocycles. The van der Waals surface area contributed by atoms with Crippen LogP contribution in [0.1, 0.15) is 34.4 Å². The van der Waals surface area contributed by atoms with Gasteiger partial charge in [-0.3, -0.25) is 14.2 Å². The minimum absolute atomic E-state index is 0.0377. The second-order valence-electron chi connectivity index (χ2n) is 4.16. The molecule has 0 atom stereocenters. The maximum atomic E-state index is 12.6. The number of aryl methyl sites for hydroxylation is 3. The first kappa shape index (κ1) is 13.0. The number of halogens is 1. The molecular weight excluding hydrogens is 296 g/mol. The predicted molar refractivity (Wildman–Crippen MR) is 71.7 cm³/mol. The first-order chi connectivity index (χ1) is 8.47. The number of carbonyl (C=O) groups excluding carboxylic acids is 1. The molecule has 0 amide bonds. The second kappa shape index (κ2) is 4.68. The van der Waals surface area contributed by atoms with Gasteiger partial charge in [-0.1, -0.05) is 0 Å². The van der Waals surface area contributed by atoms with Crippen LogP contribution in [0.3, 0.4) is 0 Å². The average Bonchev–Trinajstić information content (AvgIpc) is 2.80. The highest BCUT2D eigenvalue weighted by molar-refractivity contribution is 9.10. The summed E-state index contributed by atoms with van der Waals surface area (Å²) in [5.41, 5.74) is 2.86. The Balaban J connectivity index is 2.58. The summed E-state index contributed by atoms with van der Waals surface area (Å²) in [6.45, 7) is 6.36. The monoisotopic (exact) mass is 310 g/mol. The lowest BCUT2D eigenvalue weighted by atomic mass is 10.1. The van der Waals surface area contributed by atoms with E-state index in [2.05, 4.69) is 26.1 Å². The van der Waals surface area contributed by atoms with Gasteiger partial charge < -0.3 is 0 Å². The van der Waals surface area contributed by atoms with Crippen LogP contribution in [0.25, 0.3) is 0 Å². The molecular formula is C12H15BrN4O. The summed E-state index contributed by atoms with van der Waals surface area (Å²) < 4.78 is 4.14. The van der Waals surface area contributed by atoms with Crippen LogP contribution in [-0.2, 0) is 13.6 Å². The fourth-order valence-corrected chi connectivity index (χ4v) is 2.52. The Bertz CT molecular complexity index is 612. The second-order valence-corrected chi connectivity index (χ2v) is 5.01. The average molecular weight is 311 g/mol. The van der Waals surface area contributed by atoms with Gasteiger partial charge in [-0.15, -0.1) is 0 Å². The van der Waals surface area contributed by atoms with Gasteiger partial charge >= 0.3 is 0 Å². The van der Waals surface area contributed by atoms with Gasteiger partial charge in [0.25, 0.3) is 0 Å². The Morgan fingerprint density at radius 2 is 2.11 bits per heavy atom. The third-order valence-corrected chi connectivity index (χ3v) is 3.63. The van der Waals surface area contributed by atoms with Crippen molar-refractivity contribution in [3.8, 4) is 0 Å². The Hall–Kier alpha value is -1.43. The Labute approximate surface area is 114 Å². The van der Waals surface area contributed by atoms with E-state index in [4.69, 9.17) is 0 Å². The fourth-order valence-electron chi connectivity index (χ4n) is 2.05. The quantitative estimate of drug-likeness (QED) is 0.817. The van der Waals surface area contributed by atoms with Crippen molar-refractivity contribution in [2.24, 2.45) is 7.05 Å². The van der Waals surface area contributed by atoms with E-state index in [9.17, 15) is 4.79 Å². The maximum absolute atomic E-state index is 12.6. The van der Waals surface area contributed by atoms with Crippen molar-refractivity contribution in [1.29, 1.82) is 0 Å². The minimum atomic E-state index is -0.0377. The molecule has 2 aromatic heterocycles. The predicted octanol–water partition coefficient (Wildman–Crippen LogP) is 2.25. The molecule has 2 aromatic rings. The van der Waals surface area contributed by atoms with Gasteiger partial charge in [0.2, 0.25) is 5.78 Å². The Morgan fingerprint density at radius 3 is 2.61 bits per heavy atom. The molecule has 6 heteroatoms. The summed E-state index contributed by atoms with van der Waals surface area (Å²) in [6.07, 6.45) is 1.65. The number of rotatable bonds is 3. The topological polar surface area (TPSA) is 52.7 Å². The van der Waals surface area contributed by atoms with Crippen molar-refractivity contribution < 1.29 is 4.79 Å². The zero-order chi connectivity index (χ0) is 13.4. The molecule has 5 nitrogen and oxygen atoms in total. The van der Waals surface area contributed by atoms with Crippen molar-refractivity contribution in [1.82, 2.24) is 19.6 Å². The third-order valence-electron chi connectivity index (χ3n) is 3.05. The number of ketones is 1. The molecule has 0 fully saturated rings. The molecule has 0 radical (unpaired) electrons. The molecule has 0 saturated carbocycles. The fraction of sp³-hybridized carbons (Fsp3) is 0.417. The molecule has 0 aromatic carbocycles. The Morgan fingerprint density at radius 1 is 1.44 bits per heavy atom. The number of hydrogen-bond acceptors (Lipinski definition) is 3. The summed E-state index contributed by atoms with van der Waals surface area (Å²) in [7, 11) is 1.84. The van der Waals surface area contributed by atoms with Crippen molar-refractivity contribution in [3.05, 3.63) is 33.3 Å². The molecule has 0 unspecified atom stereocenters. The van der Waals surface area contributed by atoms with Crippen LogP contribution in [0.2, 0.25) is 0 Å². The highest BCUT2D eigenvalue weighted by atomic mass is 79.9. The van der Waals surface area contributed by atoms with Crippen LogP contribution in [0, 0.1) is 13.8 Å². The van der Waals surface area contributed by atoms with E-state index in [1.165, 1.54) is 0 Å². The summed E-state index contributed by atoms with van der Waals surface area (Å²) in [5, 5.41) is 8.45. The van der Waals surface area contributed by atoms with Gasteiger partial charge in [-0.25, -0.2) is 0 Å². The zero-order valence-electron chi connectivity index (χ0n) is 10.9. The largest absolute Gasteiger partial charge is 0.287 e. The smallest absolute Gasteiger partial charge is 0.215 e. The van der Waals surface area contributed by atoms with E-state index in [1.807, 2.05) is 27.8 Å². The summed E-state index contributed by atoms with van der Waals surface area (Å²) in [6, 6.07) is 0. The normalized spacial score (nSPS) is 10.9. The van der Waals surface area contributed by atoms with Gasteiger partial charge in [0, 0.05) is 19.3 Å². The standard InChI is InChI=1S/C12H15BrN4O/c1-5-17-11(9(13)6-14-17)12(18)10-7(2)15-16(4)8(10)3/h6H,5H2,1-4H3. The molecule has 0 aliphatic carbocycles. The van der Waals surface area contributed by atoms with Gasteiger partial charge in [-0.2, -0.15) is 10.2 Å². The molecule has 0 aliphatic rings. The number of carbonyl (C=O) groups is 1. The molecule has 0 N–H and O–H groups in total. The lowest BCUT2D eigenvalue weighted by molar-refractivity contribution is 0.102. The first-order valence-electron chi connectivity index (χ1n) is 5.73. The van der Waals surface area contributed by atoms with Crippen molar-refractivity contribution in [3.63, 3.8) is 0 Å². The SMILES string of the molecule is CCn1ncc(Br)c1C(=O)c1c(C)nn(C)c1C. The summed E-state index contributed by atoms with van der Waals surface area (Å²) in [4.78, 5) is 12.6. The van der Waals surface area contributed by atoms with Gasteiger partial charge in [0.1, 0.15) is 5.69 Å². The molecule has 18 heavy (non-hydrogen) atoms.